The largest absolute Gasteiger partial charge is 0.362 e. The number of nitrogens with one attached hydrogen (secondary N) is 2. The zero-order valence-corrected chi connectivity index (χ0v) is 18.5. The van der Waals surface area contributed by atoms with Crippen LogP contribution >= 0.6 is 12.2 Å². The molecule has 0 atom stereocenters. The van der Waals surface area contributed by atoms with Gasteiger partial charge in [0, 0.05) is 44.8 Å². The average molecular weight is 427 g/mol. The van der Waals surface area contributed by atoms with Crippen molar-refractivity contribution in [3.05, 3.63) is 23.8 Å². The van der Waals surface area contributed by atoms with Gasteiger partial charge in [-0.2, -0.15) is 4.31 Å². The van der Waals surface area contributed by atoms with Gasteiger partial charge in [-0.3, -0.25) is 4.79 Å². The topological polar surface area (TPSA) is 81.8 Å². The van der Waals surface area contributed by atoms with Crippen LogP contribution in [0.1, 0.15) is 38.7 Å². The minimum atomic E-state index is -3.52. The number of nitrogens with zero attached hydrogens (tertiary/aromatic N) is 2. The Morgan fingerprint density at radius 3 is 2.61 bits per heavy atom. The number of carbonyl (C=O) groups excluding carboxylic acids is 1. The minimum absolute atomic E-state index is 0.225. The fourth-order valence-corrected chi connectivity index (χ4v) is 4.88. The number of anilines is 1. The van der Waals surface area contributed by atoms with Crippen LogP contribution in [0.5, 0.6) is 0 Å². The number of aryl methyl sites for hydroxylation is 1. The lowest BCUT2D eigenvalue weighted by Crippen LogP contribution is -2.33. The van der Waals surface area contributed by atoms with Gasteiger partial charge in [0.15, 0.2) is 5.11 Å². The molecule has 1 aromatic rings. The molecule has 1 fully saturated rings. The van der Waals surface area contributed by atoms with Crippen molar-refractivity contribution < 1.29 is 13.2 Å². The van der Waals surface area contributed by atoms with Crippen LogP contribution in [0.25, 0.3) is 0 Å². The van der Waals surface area contributed by atoms with Crippen molar-refractivity contribution >= 4 is 38.9 Å². The van der Waals surface area contributed by atoms with E-state index in [2.05, 4.69) is 10.6 Å². The predicted octanol–water partition coefficient (Wildman–Crippen LogP) is 2.32. The first-order chi connectivity index (χ1) is 13.3. The van der Waals surface area contributed by atoms with Gasteiger partial charge in [-0.25, -0.2) is 8.42 Å². The number of benzene rings is 1. The molecule has 7 nitrogen and oxygen atoms in total. The Morgan fingerprint density at radius 1 is 1.29 bits per heavy atom. The van der Waals surface area contributed by atoms with E-state index in [0.29, 0.717) is 36.9 Å². The number of rotatable bonds is 9. The number of likely N-dealkylation sites (tertiary alicyclic amines) is 1. The van der Waals surface area contributed by atoms with Crippen molar-refractivity contribution in [2.75, 3.05) is 38.0 Å². The number of amides is 1. The molecular formula is C19H30N4O3S2. The van der Waals surface area contributed by atoms with Gasteiger partial charge in [-0.05, 0) is 49.7 Å². The van der Waals surface area contributed by atoms with E-state index in [1.165, 1.54) is 4.31 Å². The van der Waals surface area contributed by atoms with Gasteiger partial charge in [-0.15, -0.1) is 0 Å². The lowest BCUT2D eigenvalue weighted by atomic mass is 10.2. The van der Waals surface area contributed by atoms with E-state index in [1.807, 2.05) is 25.7 Å². The monoisotopic (exact) mass is 426 g/mol. The van der Waals surface area contributed by atoms with Crippen molar-refractivity contribution in [2.45, 2.75) is 44.9 Å². The van der Waals surface area contributed by atoms with E-state index < -0.39 is 10.0 Å². The maximum atomic E-state index is 12.7. The van der Waals surface area contributed by atoms with E-state index in [4.69, 9.17) is 12.2 Å². The maximum Gasteiger partial charge on any atom is 0.243 e. The summed E-state index contributed by atoms with van der Waals surface area (Å²) < 4.78 is 26.9. The molecular weight excluding hydrogens is 396 g/mol. The van der Waals surface area contributed by atoms with Gasteiger partial charge in [0.1, 0.15) is 0 Å². The molecule has 0 bridgehead atoms. The van der Waals surface area contributed by atoms with E-state index in [9.17, 15) is 13.2 Å². The summed E-state index contributed by atoms with van der Waals surface area (Å²) in [4.78, 5) is 13.7. The number of thiocarbonyl (C=S) groups is 1. The van der Waals surface area contributed by atoms with Crippen LogP contribution in [0.4, 0.5) is 5.69 Å². The lowest BCUT2D eigenvalue weighted by Gasteiger charge is -2.20. The molecule has 1 amide bonds. The molecule has 1 aromatic carbocycles. The second-order valence-electron chi connectivity index (χ2n) is 6.78. The number of hydrogen-bond donors (Lipinski definition) is 2. The van der Waals surface area contributed by atoms with Crippen LogP contribution in [0.15, 0.2) is 23.1 Å². The van der Waals surface area contributed by atoms with Crippen molar-refractivity contribution in [1.29, 1.82) is 0 Å². The van der Waals surface area contributed by atoms with Crippen LogP contribution in [-0.2, 0) is 14.8 Å². The summed E-state index contributed by atoms with van der Waals surface area (Å²) in [5.74, 6) is 0.225. The molecule has 1 heterocycles. The number of sulfonamides is 1. The molecule has 28 heavy (non-hydrogen) atoms. The molecule has 1 aliphatic heterocycles. The van der Waals surface area contributed by atoms with Gasteiger partial charge >= 0.3 is 0 Å². The summed E-state index contributed by atoms with van der Waals surface area (Å²) in [6, 6.07) is 5.03. The second-order valence-corrected chi connectivity index (χ2v) is 9.13. The van der Waals surface area contributed by atoms with Crippen molar-refractivity contribution in [3.63, 3.8) is 0 Å². The van der Waals surface area contributed by atoms with Crippen molar-refractivity contribution in [1.82, 2.24) is 14.5 Å². The van der Waals surface area contributed by atoms with E-state index >= 15 is 0 Å². The Morgan fingerprint density at radius 2 is 2.00 bits per heavy atom. The SMILES string of the molecule is CCN(CC)S(=O)(=O)c1ccc(C)c(NC(=S)NCCCN2CCCC2=O)c1. The first kappa shape index (κ1) is 22.6. The molecule has 1 aliphatic rings. The standard InChI is InChI=1S/C19H30N4O3S2/c1-4-23(5-2)28(25,26)16-10-9-15(3)17(14-16)21-19(27)20-11-7-13-22-12-6-8-18(22)24/h9-10,14H,4-8,11-13H2,1-3H3,(H2,20,21,27). The Balaban J connectivity index is 1.93. The highest BCUT2D eigenvalue weighted by Gasteiger charge is 2.22. The van der Waals surface area contributed by atoms with Crippen molar-refractivity contribution in [3.8, 4) is 0 Å². The molecule has 0 radical (unpaired) electrons. The number of hydrogen-bond acceptors (Lipinski definition) is 4. The van der Waals surface area contributed by atoms with Crippen LogP contribution in [0, 0.1) is 6.92 Å². The highest BCUT2D eigenvalue weighted by atomic mass is 32.2. The van der Waals surface area contributed by atoms with Gasteiger partial charge in [0.05, 0.1) is 4.90 Å². The van der Waals surface area contributed by atoms with Crippen molar-refractivity contribution in [2.24, 2.45) is 0 Å². The Labute approximate surface area is 173 Å². The third-order valence-electron chi connectivity index (χ3n) is 4.86. The Bertz CT molecular complexity index is 807. The van der Waals surface area contributed by atoms with Gasteiger partial charge in [-0.1, -0.05) is 19.9 Å². The zero-order valence-electron chi connectivity index (χ0n) is 16.8. The fraction of sp³-hybridized carbons (Fsp3) is 0.579. The first-order valence-electron chi connectivity index (χ1n) is 9.73. The minimum Gasteiger partial charge on any atom is -0.362 e. The summed E-state index contributed by atoms with van der Waals surface area (Å²) in [7, 11) is -3.52. The average Bonchev–Trinajstić information content (AvgIpc) is 3.06. The molecule has 156 valence electrons. The Hall–Kier alpha value is -1.71. The zero-order chi connectivity index (χ0) is 20.7. The first-order valence-corrected chi connectivity index (χ1v) is 11.6. The van der Waals surface area contributed by atoms with Crippen LogP contribution in [0.3, 0.4) is 0 Å². The molecule has 0 saturated carbocycles. The third kappa shape index (κ3) is 5.65. The normalized spacial score (nSPS) is 14.6. The maximum absolute atomic E-state index is 12.7. The summed E-state index contributed by atoms with van der Waals surface area (Å²) in [6.07, 6.45) is 2.40. The molecule has 0 aliphatic carbocycles. The smallest absolute Gasteiger partial charge is 0.243 e. The highest BCUT2D eigenvalue weighted by molar-refractivity contribution is 7.89. The van der Waals surface area contributed by atoms with Crippen LogP contribution < -0.4 is 10.6 Å². The second kappa shape index (κ2) is 10.2. The van der Waals surface area contributed by atoms with E-state index in [-0.39, 0.29) is 10.8 Å². The quantitative estimate of drug-likeness (QED) is 0.466. The summed E-state index contributed by atoms with van der Waals surface area (Å²) in [6.45, 7) is 8.61. The van der Waals surface area contributed by atoms with Crippen LogP contribution in [0.2, 0.25) is 0 Å². The lowest BCUT2D eigenvalue weighted by molar-refractivity contribution is -0.127. The van der Waals surface area contributed by atoms with Gasteiger partial charge < -0.3 is 15.5 Å². The molecule has 0 aromatic heterocycles. The Kier molecular flexibility index (Phi) is 8.21. The molecule has 0 spiro atoms. The molecule has 2 rings (SSSR count). The third-order valence-corrected chi connectivity index (χ3v) is 7.15. The fourth-order valence-electron chi connectivity index (χ4n) is 3.19. The number of carbonyl (C=O) groups is 1. The summed E-state index contributed by atoms with van der Waals surface area (Å²) >= 11 is 5.34. The van der Waals surface area contributed by atoms with Gasteiger partial charge in [0.25, 0.3) is 0 Å². The van der Waals surface area contributed by atoms with Crippen LogP contribution in [-0.4, -0.2) is 61.4 Å². The van der Waals surface area contributed by atoms with E-state index in [0.717, 1.165) is 31.5 Å². The summed E-state index contributed by atoms with van der Waals surface area (Å²) in [5, 5.41) is 6.65. The highest BCUT2D eigenvalue weighted by Crippen LogP contribution is 2.23. The predicted molar refractivity (Wildman–Crippen MR) is 116 cm³/mol. The van der Waals surface area contributed by atoms with E-state index in [1.54, 1.807) is 18.2 Å². The molecule has 1 saturated heterocycles. The summed E-state index contributed by atoms with van der Waals surface area (Å²) in [5.41, 5.74) is 1.57. The molecule has 2 N–H and O–H groups in total. The molecule has 0 unspecified atom stereocenters. The molecule has 9 heteroatoms. The van der Waals surface area contributed by atoms with Gasteiger partial charge in [0.2, 0.25) is 15.9 Å².